The molecular formula is C17H20ClFIN3O. The summed E-state index contributed by atoms with van der Waals surface area (Å²) < 4.78 is 18.3. The third-order valence-corrected chi connectivity index (χ3v) is 3.58. The smallest absolute Gasteiger partial charge is 0.191 e. The van der Waals surface area contributed by atoms with E-state index in [1.807, 2.05) is 24.3 Å². The first-order valence-electron chi connectivity index (χ1n) is 7.13. The predicted molar refractivity (Wildman–Crippen MR) is 107 cm³/mol. The van der Waals surface area contributed by atoms with Crippen molar-refractivity contribution >= 4 is 41.5 Å². The number of methoxy groups -OCH3 is 1. The van der Waals surface area contributed by atoms with Crippen molar-refractivity contribution in [2.24, 2.45) is 4.99 Å². The van der Waals surface area contributed by atoms with Gasteiger partial charge >= 0.3 is 0 Å². The van der Waals surface area contributed by atoms with Crippen LogP contribution in [0.25, 0.3) is 0 Å². The SMILES string of the molecule is CN=C(NCc1ccc(OC)cc1)NCc1ccc(F)c(Cl)c1.I. The number of nitrogens with zero attached hydrogens (tertiary/aromatic N) is 1. The van der Waals surface area contributed by atoms with Crippen LogP contribution >= 0.6 is 35.6 Å². The molecular weight excluding hydrogens is 444 g/mol. The fourth-order valence-corrected chi connectivity index (χ4v) is 2.19. The monoisotopic (exact) mass is 463 g/mol. The Morgan fingerprint density at radius 2 is 1.67 bits per heavy atom. The lowest BCUT2D eigenvalue weighted by Crippen LogP contribution is -2.36. The molecule has 7 heteroatoms. The number of rotatable bonds is 5. The maximum atomic E-state index is 13.1. The first kappa shape index (κ1) is 20.5. The van der Waals surface area contributed by atoms with E-state index in [-0.39, 0.29) is 29.0 Å². The number of halogens is 3. The molecule has 2 rings (SSSR count). The van der Waals surface area contributed by atoms with E-state index in [9.17, 15) is 4.39 Å². The molecule has 0 saturated carbocycles. The summed E-state index contributed by atoms with van der Waals surface area (Å²) in [5.74, 6) is 1.06. The Kier molecular flexibility index (Phi) is 8.84. The summed E-state index contributed by atoms with van der Waals surface area (Å²) in [6, 6.07) is 12.4. The van der Waals surface area contributed by atoms with E-state index in [1.54, 1.807) is 26.3 Å². The van der Waals surface area contributed by atoms with Crippen molar-refractivity contribution in [2.75, 3.05) is 14.2 Å². The summed E-state index contributed by atoms with van der Waals surface area (Å²) in [6.07, 6.45) is 0. The minimum absolute atomic E-state index is 0. The molecule has 0 bridgehead atoms. The minimum Gasteiger partial charge on any atom is -0.497 e. The largest absolute Gasteiger partial charge is 0.497 e. The molecule has 0 aliphatic rings. The second-order valence-corrected chi connectivity index (χ2v) is 5.28. The molecule has 0 saturated heterocycles. The average molecular weight is 464 g/mol. The topological polar surface area (TPSA) is 45.7 Å². The molecule has 24 heavy (non-hydrogen) atoms. The van der Waals surface area contributed by atoms with Crippen molar-refractivity contribution in [1.82, 2.24) is 10.6 Å². The Morgan fingerprint density at radius 1 is 1.08 bits per heavy atom. The quantitative estimate of drug-likeness (QED) is 0.401. The number of hydrogen-bond donors (Lipinski definition) is 2. The van der Waals surface area contributed by atoms with Crippen LogP contribution in [-0.4, -0.2) is 20.1 Å². The van der Waals surface area contributed by atoms with E-state index < -0.39 is 5.82 Å². The average Bonchev–Trinajstić information content (AvgIpc) is 2.58. The minimum atomic E-state index is -0.419. The van der Waals surface area contributed by atoms with Crippen LogP contribution in [0, 0.1) is 5.82 Å². The van der Waals surface area contributed by atoms with Crippen molar-refractivity contribution in [1.29, 1.82) is 0 Å². The van der Waals surface area contributed by atoms with Gasteiger partial charge in [0.05, 0.1) is 12.1 Å². The van der Waals surface area contributed by atoms with Crippen LogP contribution in [-0.2, 0) is 13.1 Å². The first-order valence-corrected chi connectivity index (χ1v) is 7.51. The van der Waals surface area contributed by atoms with E-state index in [0.29, 0.717) is 19.0 Å². The van der Waals surface area contributed by atoms with E-state index in [4.69, 9.17) is 16.3 Å². The van der Waals surface area contributed by atoms with Crippen LogP contribution in [0.3, 0.4) is 0 Å². The number of guanidine groups is 1. The Hall–Kier alpha value is -1.54. The second kappa shape index (κ2) is 10.4. The second-order valence-electron chi connectivity index (χ2n) is 4.88. The van der Waals surface area contributed by atoms with Crippen LogP contribution in [0.5, 0.6) is 5.75 Å². The van der Waals surface area contributed by atoms with Crippen molar-refractivity contribution in [3.8, 4) is 5.75 Å². The molecule has 2 aromatic carbocycles. The van der Waals surface area contributed by atoms with Gasteiger partial charge in [-0.3, -0.25) is 4.99 Å². The van der Waals surface area contributed by atoms with Crippen molar-refractivity contribution in [3.63, 3.8) is 0 Å². The number of ether oxygens (including phenoxy) is 1. The molecule has 0 aromatic heterocycles. The standard InChI is InChI=1S/C17H19ClFN3O.HI/c1-20-17(21-10-12-3-6-14(23-2)7-4-12)22-11-13-5-8-16(19)15(18)9-13;/h3-9H,10-11H2,1-2H3,(H2,20,21,22);1H. The van der Waals surface area contributed by atoms with Gasteiger partial charge in [-0.05, 0) is 35.4 Å². The lowest BCUT2D eigenvalue weighted by atomic mass is 10.2. The highest BCUT2D eigenvalue weighted by Crippen LogP contribution is 2.15. The molecule has 130 valence electrons. The molecule has 0 fully saturated rings. The maximum absolute atomic E-state index is 13.1. The molecule has 0 unspecified atom stereocenters. The van der Waals surface area contributed by atoms with Gasteiger partial charge < -0.3 is 15.4 Å². The van der Waals surface area contributed by atoms with Gasteiger partial charge in [0.1, 0.15) is 11.6 Å². The Morgan fingerprint density at radius 3 is 2.21 bits per heavy atom. The normalized spacial score (nSPS) is 10.8. The van der Waals surface area contributed by atoms with Crippen LogP contribution in [0.1, 0.15) is 11.1 Å². The summed E-state index contributed by atoms with van der Waals surface area (Å²) in [5.41, 5.74) is 1.99. The predicted octanol–water partition coefficient (Wildman–Crippen LogP) is 3.97. The summed E-state index contributed by atoms with van der Waals surface area (Å²) >= 11 is 5.77. The Labute approximate surface area is 163 Å². The number of aliphatic imine (C=N–C) groups is 1. The van der Waals surface area contributed by atoms with Gasteiger partial charge in [-0.25, -0.2) is 4.39 Å². The van der Waals surface area contributed by atoms with Gasteiger partial charge in [0.25, 0.3) is 0 Å². The fourth-order valence-electron chi connectivity index (χ4n) is 1.99. The lowest BCUT2D eigenvalue weighted by Gasteiger charge is -2.12. The molecule has 0 radical (unpaired) electrons. The van der Waals surface area contributed by atoms with Crippen LogP contribution in [0.4, 0.5) is 4.39 Å². The highest BCUT2D eigenvalue weighted by Gasteiger charge is 2.03. The van der Waals surface area contributed by atoms with Crippen molar-refractivity contribution in [2.45, 2.75) is 13.1 Å². The molecule has 0 aliphatic heterocycles. The first-order chi connectivity index (χ1) is 11.1. The Balaban J connectivity index is 0.00000288. The van der Waals surface area contributed by atoms with E-state index >= 15 is 0 Å². The van der Waals surface area contributed by atoms with Gasteiger partial charge in [-0.2, -0.15) is 0 Å². The van der Waals surface area contributed by atoms with E-state index in [1.165, 1.54) is 6.07 Å². The highest BCUT2D eigenvalue weighted by atomic mass is 127. The molecule has 2 N–H and O–H groups in total. The number of benzene rings is 2. The van der Waals surface area contributed by atoms with Gasteiger partial charge in [-0.1, -0.05) is 29.8 Å². The van der Waals surface area contributed by atoms with Gasteiger partial charge in [0.2, 0.25) is 0 Å². The Bertz CT molecular complexity index is 680. The molecule has 2 aromatic rings. The van der Waals surface area contributed by atoms with Gasteiger partial charge in [0.15, 0.2) is 5.96 Å². The molecule has 0 aliphatic carbocycles. The molecule has 0 amide bonds. The third-order valence-electron chi connectivity index (χ3n) is 3.29. The number of nitrogens with one attached hydrogen (secondary N) is 2. The molecule has 4 nitrogen and oxygen atoms in total. The van der Waals surface area contributed by atoms with Gasteiger partial charge in [0, 0.05) is 20.1 Å². The van der Waals surface area contributed by atoms with Crippen molar-refractivity contribution in [3.05, 3.63) is 64.4 Å². The van der Waals surface area contributed by atoms with Gasteiger partial charge in [-0.15, -0.1) is 24.0 Å². The van der Waals surface area contributed by atoms with Crippen LogP contribution in [0.2, 0.25) is 5.02 Å². The maximum Gasteiger partial charge on any atom is 0.191 e. The number of hydrogen-bond acceptors (Lipinski definition) is 2. The summed E-state index contributed by atoms with van der Waals surface area (Å²) in [4.78, 5) is 4.15. The highest BCUT2D eigenvalue weighted by molar-refractivity contribution is 14.0. The fraction of sp³-hybridized carbons (Fsp3) is 0.235. The zero-order valence-electron chi connectivity index (χ0n) is 13.5. The summed E-state index contributed by atoms with van der Waals surface area (Å²) in [5, 5.41) is 6.48. The zero-order valence-corrected chi connectivity index (χ0v) is 16.6. The van der Waals surface area contributed by atoms with Crippen molar-refractivity contribution < 1.29 is 9.13 Å². The third kappa shape index (κ3) is 6.16. The van der Waals surface area contributed by atoms with E-state index in [2.05, 4.69) is 15.6 Å². The van der Waals surface area contributed by atoms with Crippen LogP contribution < -0.4 is 15.4 Å². The summed E-state index contributed by atoms with van der Waals surface area (Å²) in [6.45, 7) is 1.14. The molecule has 0 atom stereocenters. The summed E-state index contributed by atoms with van der Waals surface area (Å²) in [7, 11) is 3.34. The molecule has 0 heterocycles. The van der Waals surface area contributed by atoms with Crippen LogP contribution in [0.15, 0.2) is 47.5 Å². The van der Waals surface area contributed by atoms with E-state index in [0.717, 1.165) is 16.9 Å². The lowest BCUT2D eigenvalue weighted by molar-refractivity contribution is 0.414. The molecule has 0 spiro atoms. The zero-order chi connectivity index (χ0) is 16.7.